The molecule has 1 aliphatic carbocycles. The highest BCUT2D eigenvalue weighted by molar-refractivity contribution is 9.10. The second-order valence-corrected chi connectivity index (χ2v) is 7.12. The summed E-state index contributed by atoms with van der Waals surface area (Å²) in [4.78, 5) is 0. The molecular weight excluding hydrogens is 298 g/mol. The van der Waals surface area contributed by atoms with Crippen LogP contribution in [0.4, 0.5) is 0 Å². The highest BCUT2D eigenvalue weighted by Gasteiger charge is 2.29. The monoisotopic (exact) mass is 315 g/mol. The molecule has 1 saturated carbocycles. The van der Waals surface area contributed by atoms with Crippen molar-refractivity contribution in [2.24, 2.45) is 0 Å². The molecule has 0 bridgehead atoms. The third kappa shape index (κ3) is 3.90. The second kappa shape index (κ2) is 6.12. The van der Waals surface area contributed by atoms with Gasteiger partial charge in [0, 0.05) is 39.9 Å². The fourth-order valence-corrected chi connectivity index (χ4v) is 2.87. The SMILES string of the molecule is CS(=O)CCNC1CC(c2ccc(Br)cc2)C1. The molecule has 0 saturated heterocycles. The lowest BCUT2D eigenvalue weighted by atomic mass is 9.76. The Bertz CT molecular complexity index is 387. The molecular formula is C13H18BrNOS. The zero-order valence-electron chi connectivity index (χ0n) is 9.99. The van der Waals surface area contributed by atoms with Crippen LogP contribution < -0.4 is 5.32 Å². The third-order valence-corrected chi connectivity index (χ3v) is 4.61. The molecule has 17 heavy (non-hydrogen) atoms. The number of halogens is 1. The molecule has 1 fully saturated rings. The fourth-order valence-electron chi connectivity index (χ4n) is 2.20. The minimum atomic E-state index is -0.675. The maximum absolute atomic E-state index is 10.9. The molecule has 1 aliphatic rings. The molecule has 2 rings (SSSR count). The van der Waals surface area contributed by atoms with E-state index < -0.39 is 10.8 Å². The van der Waals surface area contributed by atoms with E-state index in [2.05, 4.69) is 45.5 Å². The first-order valence-electron chi connectivity index (χ1n) is 5.94. The average molecular weight is 316 g/mol. The summed E-state index contributed by atoms with van der Waals surface area (Å²) in [6, 6.07) is 9.23. The minimum absolute atomic E-state index is 0.618. The molecule has 0 radical (unpaired) electrons. The van der Waals surface area contributed by atoms with Crippen molar-refractivity contribution >= 4 is 26.7 Å². The van der Waals surface area contributed by atoms with E-state index in [1.165, 1.54) is 18.4 Å². The van der Waals surface area contributed by atoms with Crippen molar-refractivity contribution in [3.63, 3.8) is 0 Å². The van der Waals surface area contributed by atoms with Gasteiger partial charge < -0.3 is 5.32 Å². The van der Waals surface area contributed by atoms with Crippen LogP contribution >= 0.6 is 15.9 Å². The van der Waals surface area contributed by atoms with Gasteiger partial charge in [0.1, 0.15) is 0 Å². The predicted octanol–water partition coefficient (Wildman–Crippen LogP) is 2.66. The Morgan fingerprint density at radius 1 is 1.35 bits per heavy atom. The maximum Gasteiger partial charge on any atom is 0.0357 e. The van der Waals surface area contributed by atoms with Crippen molar-refractivity contribution in [1.82, 2.24) is 5.32 Å². The molecule has 0 spiro atoms. The van der Waals surface area contributed by atoms with Gasteiger partial charge in [-0.2, -0.15) is 0 Å². The molecule has 0 amide bonds. The first-order chi connectivity index (χ1) is 8.15. The predicted molar refractivity (Wildman–Crippen MR) is 76.8 cm³/mol. The standard InChI is InChI=1S/C13H18BrNOS/c1-17(16)7-6-15-13-8-11(9-13)10-2-4-12(14)5-3-10/h2-5,11,13,15H,6-9H2,1H3. The summed E-state index contributed by atoms with van der Waals surface area (Å²) in [5, 5.41) is 3.46. The largest absolute Gasteiger partial charge is 0.313 e. The molecule has 2 nitrogen and oxygen atoms in total. The van der Waals surface area contributed by atoms with Gasteiger partial charge >= 0.3 is 0 Å². The number of nitrogens with one attached hydrogen (secondary N) is 1. The second-order valence-electron chi connectivity index (χ2n) is 4.65. The Labute approximate surface area is 114 Å². The first kappa shape index (κ1) is 13.2. The lowest BCUT2D eigenvalue weighted by Crippen LogP contribution is -2.41. The molecule has 0 aliphatic heterocycles. The number of hydrogen-bond acceptors (Lipinski definition) is 2. The highest BCUT2D eigenvalue weighted by Crippen LogP contribution is 2.37. The number of hydrogen-bond donors (Lipinski definition) is 1. The molecule has 1 atom stereocenters. The Hall–Kier alpha value is -0.190. The van der Waals surface area contributed by atoms with Crippen molar-refractivity contribution in [2.45, 2.75) is 24.8 Å². The van der Waals surface area contributed by atoms with Gasteiger partial charge in [-0.15, -0.1) is 0 Å². The molecule has 1 aromatic carbocycles. The van der Waals surface area contributed by atoms with E-state index >= 15 is 0 Å². The van der Waals surface area contributed by atoms with Crippen LogP contribution in [0.5, 0.6) is 0 Å². The zero-order chi connectivity index (χ0) is 12.3. The Morgan fingerprint density at radius 3 is 2.59 bits per heavy atom. The van der Waals surface area contributed by atoms with E-state index in [1.807, 2.05) is 0 Å². The summed E-state index contributed by atoms with van der Waals surface area (Å²) < 4.78 is 12.1. The van der Waals surface area contributed by atoms with Gasteiger partial charge in [-0.1, -0.05) is 28.1 Å². The van der Waals surface area contributed by atoms with Gasteiger partial charge in [0.05, 0.1) is 0 Å². The first-order valence-corrected chi connectivity index (χ1v) is 8.46. The summed E-state index contributed by atoms with van der Waals surface area (Å²) in [7, 11) is -0.675. The Morgan fingerprint density at radius 2 is 2.00 bits per heavy atom. The van der Waals surface area contributed by atoms with Crippen molar-refractivity contribution in [2.75, 3.05) is 18.6 Å². The summed E-state index contributed by atoms with van der Waals surface area (Å²) in [6.45, 7) is 0.876. The van der Waals surface area contributed by atoms with E-state index in [9.17, 15) is 4.21 Å². The lowest BCUT2D eigenvalue weighted by Gasteiger charge is -2.36. The van der Waals surface area contributed by atoms with Gasteiger partial charge in [-0.05, 0) is 36.5 Å². The van der Waals surface area contributed by atoms with E-state index in [0.717, 1.165) is 16.8 Å². The van der Waals surface area contributed by atoms with Crippen LogP contribution in [0.15, 0.2) is 28.7 Å². The normalized spacial score (nSPS) is 25.3. The van der Waals surface area contributed by atoms with Gasteiger partial charge in [-0.3, -0.25) is 4.21 Å². The lowest BCUT2D eigenvalue weighted by molar-refractivity contribution is 0.296. The fraction of sp³-hybridized carbons (Fsp3) is 0.538. The molecule has 94 valence electrons. The quantitative estimate of drug-likeness (QED) is 0.905. The van der Waals surface area contributed by atoms with Crippen molar-refractivity contribution < 1.29 is 4.21 Å². The molecule has 0 heterocycles. The van der Waals surface area contributed by atoms with Gasteiger partial charge in [0.25, 0.3) is 0 Å². The third-order valence-electron chi connectivity index (χ3n) is 3.30. The van der Waals surface area contributed by atoms with Crippen LogP contribution in [0.2, 0.25) is 0 Å². The smallest absolute Gasteiger partial charge is 0.0357 e. The van der Waals surface area contributed by atoms with E-state index in [-0.39, 0.29) is 0 Å². The topological polar surface area (TPSA) is 29.1 Å². The van der Waals surface area contributed by atoms with Crippen LogP contribution in [0.3, 0.4) is 0 Å². The summed E-state index contributed by atoms with van der Waals surface area (Å²) in [5.74, 6) is 1.46. The summed E-state index contributed by atoms with van der Waals surface area (Å²) >= 11 is 3.45. The molecule has 1 aromatic rings. The molecule has 4 heteroatoms. The summed E-state index contributed by atoms with van der Waals surface area (Å²) in [5.41, 5.74) is 1.44. The van der Waals surface area contributed by atoms with Crippen LogP contribution in [0.1, 0.15) is 24.3 Å². The van der Waals surface area contributed by atoms with E-state index in [0.29, 0.717) is 12.0 Å². The zero-order valence-corrected chi connectivity index (χ0v) is 12.4. The Balaban J connectivity index is 1.71. The molecule has 0 aromatic heterocycles. The van der Waals surface area contributed by atoms with Crippen molar-refractivity contribution in [3.05, 3.63) is 34.3 Å². The van der Waals surface area contributed by atoms with Gasteiger partial charge in [-0.25, -0.2) is 0 Å². The van der Waals surface area contributed by atoms with Crippen LogP contribution in [0.25, 0.3) is 0 Å². The molecule has 1 unspecified atom stereocenters. The van der Waals surface area contributed by atoms with E-state index in [4.69, 9.17) is 0 Å². The number of rotatable bonds is 5. The van der Waals surface area contributed by atoms with Crippen LogP contribution in [0, 0.1) is 0 Å². The average Bonchev–Trinajstić information content (AvgIpc) is 2.23. The minimum Gasteiger partial charge on any atom is -0.313 e. The van der Waals surface area contributed by atoms with Gasteiger partial charge in [0.2, 0.25) is 0 Å². The van der Waals surface area contributed by atoms with Crippen LogP contribution in [-0.2, 0) is 10.8 Å². The van der Waals surface area contributed by atoms with Crippen LogP contribution in [-0.4, -0.2) is 28.8 Å². The number of benzene rings is 1. The maximum atomic E-state index is 10.9. The highest BCUT2D eigenvalue weighted by atomic mass is 79.9. The Kier molecular flexibility index (Phi) is 4.77. The molecule has 1 N–H and O–H groups in total. The van der Waals surface area contributed by atoms with Crippen molar-refractivity contribution in [1.29, 1.82) is 0 Å². The van der Waals surface area contributed by atoms with Gasteiger partial charge in [0.15, 0.2) is 0 Å². The summed E-state index contributed by atoms with van der Waals surface area (Å²) in [6.07, 6.45) is 4.17. The van der Waals surface area contributed by atoms with Crippen molar-refractivity contribution in [3.8, 4) is 0 Å². The van der Waals surface area contributed by atoms with E-state index in [1.54, 1.807) is 6.26 Å².